The Hall–Kier alpha value is -1.08. The summed E-state index contributed by atoms with van der Waals surface area (Å²) in [6.07, 6.45) is -0.259. The maximum absolute atomic E-state index is 10.7. The number of carboxylic acid groups (broad SMARTS) is 2. The van der Waals surface area contributed by atoms with Crippen LogP contribution in [0, 0.1) is 0 Å². The van der Waals surface area contributed by atoms with Crippen LogP contribution in [0.15, 0.2) is 12.7 Å². The molecule has 0 saturated carbocycles. The predicted octanol–water partition coefficient (Wildman–Crippen LogP) is -3.02. The standard InChI is InChI=1S/C8H10O6.Mg/c1-3-6(11)14-8(2,7(12)13)4-5(9)10;/h3H,1,4H2,2H3,(H,9,10)(H,12,13);/q;+2/p-2. The van der Waals surface area contributed by atoms with E-state index in [4.69, 9.17) is 0 Å². The Kier molecular flexibility index (Phi) is 6.99. The summed E-state index contributed by atoms with van der Waals surface area (Å²) in [5.41, 5.74) is -2.23. The van der Waals surface area contributed by atoms with E-state index in [1.54, 1.807) is 0 Å². The van der Waals surface area contributed by atoms with Crippen molar-refractivity contribution in [2.45, 2.75) is 18.9 Å². The van der Waals surface area contributed by atoms with Gasteiger partial charge in [0.05, 0.1) is 5.97 Å². The maximum atomic E-state index is 10.7. The summed E-state index contributed by atoms with van der Waals surface area (Å²) in [7, 11) is 0. The van der Waals surface area contributed by atoms with Gasteiger partial charge in [-0.3, -0.25) is 0 Å². The minimum Gasteiger partial charge on any atom is -0.550 e. The van der Waals surface area contributed by atoms with Crippen molar-refractivity contribution in [2.24, 2.45) is 0 Å². The van der Waals surface area contributed by atoms with Crippen molar-refractivity contribution in [2.75, 3.05) is 0 Å². The molecule has 78 valence electrons. The number of ether oxygens (including phenoxy) is 1. The Morgan fingerprint density at radius 1 is 1.40 bits per heavy atom. The van der Waals surface area contributed by atoms with Gasteiger partial charge in [-0.05, 0) is 6.92 Å². The normalized spacial score (nSPS) is 12.9. The first-order chi connectivity index (χ1) is 6.31. The Balaban J connectivity index is 0. The van der Waals surface area contributed by atoms with Gasteiger partial charge in [-0.2, -0.15) is 0 Å². The summed E-state index contributed by atoms with van der Waals surface area (Å²) in [4.78, 5) is 31.3. The van der Waals surface area contributed by atoms with Crippen LogP contribution < -0.4 is 10.2 Å². The Bertz CT molecular complexity index is 287. The molecule has 1 unspecified atom stereocenters. The number of carboxylic acids is 2. The average Bonchev–Trinajstić information content (AvgIpc) is 2.02. The summed E-state index contributed by atoms with van der Waals surface area (Å²) in [5, 5.41) is 20.7. The Labute approximate surface area is 102 Å². The molecule has 0 aliphatic heterocycles. The summed E-state index contributed by atoms with van der Waals surface area (Å²) in [6, 6.07) is 0. The summed E-state index contributed by atoms with van der Waals surface area (Å²) in [6.45, 7) is 3.93. The second kappa shape index (κ2) is 6.41. The second-order valence-corrected chi connectivity index (χ2v) is 2.69. The van der Waals surface area contributed by atoms with E-state index in [9.17, 15) is 24.6 Å². The molecule has 0 bridgehead atoms. The van der Waals surface area contributed by atoms with Gasteiger partial charge >= 0.3 is 29.0 Å². The molecule has 0 radical (unpaired) electrons. The van der Waals surface area contributed by atoms with Crippen LogP contribution in [0.25, 0.3) is 0 Å². The van der Waals surface area contributed by atoms with Crippen LogP contribution in [0.3, 0.4) is 0 Å². The number of carbonyl (C=O) groups excluding carboxylic acids is 3. The van der Waals surface area contributed by atoms with E-state index in [-0.39, 0.29) is 23.1 Å². The molecular weight excluding hydrogens is 216 g/mol. The van der Waals surface area contributed by atoms with Crippen molar-refractivity contribution >= 4 is 41.0 Å². The Morgan fingerprint density at radius 2 is 1.87 bits per heavy atom. The summed E-state index contributed by atoms with van der Waals surface area (Å²) < 4.78 is 4.32. The fraction of sp³-hybridized carbons (Fsp3) is 0.375. The number of hydrogen-bond acceptors (Lipinski definition) is 6. The van der Waals surface area contributed by atoms with Gasteiger partial charge in [-0.15, -0.1) is 0 Å². The molecule has 0 spiro atoms. The molecular formula is C8H8MgO6. The molecule has 0 saturated heterocycles. The van der Waals surface area contributed by atoms with Crippen LogP contribution in [-0.2, 0) is 19.1 Å². The van der Waals surface area contributed by atoms with E-state index in [1.165, 1.54) is 0 Å². The number of hydrogen-bond donors (Lipinski definition) is 0. The van der Waals surface area contributed by atoms with E-state index in [0.717, 1.165) is 13.0 Å². The van der Waals surface area contributed by atoms with Crippen molar-refractivity contribution in [3.8, 4) is 0 Å². The number of aliphatic carboxylic acids is 2. The molecule has 1 atom stereocenters. The van der Waals surface area contributed by atoms with Gasteiger partial charge in [0.1, 0.15) is 0 Å². The van der Waals surface area contributed by atoms with Crippen LogP contribution in [0.1, 0.15) is 13.3 Å². The minimum atomic E-state index is -2.23. The molecule has 0 aliphatic rings. The largest absolute Gasteiger partial charge is 2.00 e. The number of carbonyl (C=O) groups is 3. The van der Waals surface area contributed by atoms with Crippen molar-refractivity contribution < 1.29 is 29.3 Å². The first-order valence-electron chi connectivity index (χ1n) is 3.58. The first kappa shape index (κ1) is 16.3. The van der Waals surface area contributed by atoms with Crippen LogP contribution in [0.2, 0.25) is 0 Å². The first-order valence-corrected chi connectivity index (χ1v) is 3.58. The van der Waals surface area contributed by atoms with Gasteiger partial charge < -0.3 is 24.5 Å². The van der Waals surface area contributed by atoms with Gasteiger partial charge in [-0.25, -0.2) is 4.79 Å². The fourth-order valence-corrected chi connectivity index (χ4v) is 0.689. The molecule has 0 heterocycles. The Morgan fingerprint density at radius 3 is 2.13 bits per heavy atom. The van der Waals surface area contributed by atoms with Crippen molar-refractivity contribution in [3.05, 3.63) is 12.7 Å². The topological polar surface area (TPSA) is 107 Å². The van der Waals surface area contributed by atoms with Crippen LogP contribution in [0.5, 0.6) is 0 Å². The zero-order valence-electron chi connectivity index (χ0n) is 8.15. The van der Waals surface area contributed by atoms with E-state index in [2.05, 4.69) is 11.3 Å². The average molecular weight is 224 g/mol. The van der Waals surface area contributed by atoms with Gasteiger partial charge in [0.2, 0.25) is 0 Å². The quantitative estimate of drug-likeness (QED) is 0.280. The molecule has 0 aromatic carbocycles. The maximum Gasteiger partial charge on any atom is 2.00 e. The molecule has 6 nitrogen and oxygen atoms in total. The van der Waals surface area contributed by atoms with E-state index >= 15 is 0 Å². The molecule has 0 N–H and O–H groups in total. The van der Waals surface area contributed by atoms with E-state index in [0.29, 0.717) is 0 Å². The molecule has 0 amide bonds. The molecule has 0 rings (SSSR count). The molecule has 7 heteroatoms. The van der Waals surface area contributed by atoms with Crippen molar-refractivity contribution in [1.82, 2.24) is 0 Å². The zero-order valence-corrected chi connectivity index (χ0v) is 9.56. The predicted molar refractivity (Wildman–Crippen MR) is 45.1 cm³/mol. The van der Waals surface area contributed by atoms with Crippen LogP contribution in [0.4, 0.5) is 0 Å². The van der Waals surface area contributed by atoms with Gasteiger partial charge in [0, 0.05) is 18.5 Å². The number of rotatable bonds is 5. The monoisotopic (exact) mass is 224 g/mol. The third kappa shape index (κ3) is 5.38. The molecule has 0 aromatic heterocycles. The third-order valence-corrected chi connectivity index (χ3v) is 1.41. The van der Waals surface area contributed by atoms with E-state index in [1.807, 2.05) is 0 Å². The fourth-order valence-electron chi connectivity index (χ4n) is 0.689. The minimum absolute atomic E-state index is 0. The van der Waals surface area contributed by atoms with Crippen LogP contribution >= 0.6 is 0 Å². The van der Waals surface area contributed by atoms with Crippen LogP contribution in [-0.4, -0.2) is 46.6 Å². The smallest absolute Gasteiger partial charge is 0.550 e. The van der Waals surface area contributed by atoms with Crippen molar-refractivity contribution in [3.63, 3.8) is 0 Å². The third-order valence-electron chi connectivity index (χ3n) is 1.41. The number of esters is 1. The van der Waals surface area contributed by atoms with Gasteiger partial charge in [0.25, 0.3) is 0 Å². The zero-order chi connectivity index (χ0) is 11.4. The van der Waals surface area contributed by atoms with E-state index < -0.39 is 29.9 Å². The van der Waals surface area contributed by atoms with Gasteiger partial charge in [-0.1, -0.05) is 6.58 Å². The molecule has 0 fully saturated rings. The van der Waals surface area contributed by atoms with Crippen molar-refractivity contribution in [1.29, 1.82) is 0 Å². The summed E-state index contributed by atoms with van der Waals surface area (Å²) in [5.74, 6) is -4.51. The summed E-state index contributed by atoms with van der Waals surface area (Å²) >= 11 is 0. The molecule has 0 aromatic rings. The van der Waals surface area contributed by atoms with Gasteiger partial charge in [0.15, 0.2) is 5.60 Å². The second-order valence-electron chi connectivity index (χ2n) is 2.69. The molecule has 15 heavy (non-hydrogen) atoms. The molecule has 0 aliphatic carbocycles. The SMILES string of the molecule is C=CC(=O)OC(C)(CC(=O)[O-])C(=O)[O-].[Mg+2].